The minimum absolute atomic E-state index is 0.112. The summed E-state index contributed by atoms with van der Waals surface area (Å²) >= 11 is 5.63. The molecule has 0 aromatic carbocycles. The lowest BCUT2D eigenvalue weighted by Gasteiger charge is -2.33. The molecule has 0 unspecified atom stereocenters. The molecule has 2 heterocycles. The Bertz CT molecular complexity index is 460. The lowest BCUT2D eigenvalue weighted by Crippen LogP contribution is -2.48. The highest BCUT2D eigenvalue weighted by molar-refractivity contribution is 6.29. The van der Waals surface area contributed by atoms with Crippen molar-refractivity contribution in [2.45, 2.75) is 0 Å². The van der Waals surface area contributed by atoms with Crippen molar-refractivity contribution in [2.75, 3.05) is 32.7 Å². The summed E-state index contributed by atoms with van der Waals surface area (Å²) in [6.07, 6.45) is 5.26. The van der Waals surface area contributed by atoms with Gasteiger partial charge in [-0.15, -0.1) is 16.6 Å². The quantitative estimate of drug-likeness (QED) is 0.731. The molecule has 1 fully saturated rings. The molecule has 94 valence electrons. The van der Waals surface area contributed by atoms with E-state index in [1.165, 1.54) is 0 Å². The van der Waals surface area contributed by atoms with Crippen LogP contribution in [0.5, 0.6) is 0 Å². The summed E-state index contributed by atoms with van der Waals surface area (Å²) in [5, 5.41) is 7.74. The van der Waals surface area contributed by atoms with Gasteiger partial charge >= 0.3 is 0 Å². The summed E-state index contributed by atoms with van der Waals surface area (Å²) in [5.41, 5.74) is 0.324. The monoisotopic (exact) mass is 264 g/mol. The van der Waals surface area contributed by atoms with Crippen LogP contribution >= 0.6 is 11.6 Å². The molecule has 0 atom stereocenters. The van der Waals surface area contributed by atoms with Crippen LogP contribution in [0.3, 0.4) is 0 Å². The minimum Gasteiger partial charge on any atom is -0.335 e. The third-order valence-corrected chi connectivity index (χ3v) is 3.03. The van der Waals surface area contributed by atoms with Crippen molar-refractivity contribution >= 4 is 17.5 Å². The predicted octanol–water partition coefficient (Wildman–Crippen LogP) is 0.521. The zero-order chi connectivity index (χ0) is 13.0. The van der Waals surface area contributed by atoms with Gasteiger partial charge in [-0.2, -0.15) is 0 Å². The molecule has 1 saturated heterocycles. The second kappa shape index (κ2) is 5.80. The van der Waals surface area contributed by atoms with Crippen LogP contribution in [-0.2, 0) is 0 Å². The molecule has 5 nitrogen and oxygen atoms in total. The molecule has 18 heavy (non-hydrogen) atoms. The first-order chi connectivity index (χ1) is 8.70. The number of amides is 1. The first kappa shape index (κ1) is 12.8. The standard InChI is InChI=1S/C12H13ClN4O/c1-2-5-16-6-8-17(9-7-16)12(18)10-3-4-11(13)15-14-10/h1,3-4H,5-9H2. The van der Waals surface area contributed by atoms with Gasteiger partial charge in [0, 0.05) is 26.2 Å². The van der Waals surface area contributed by atoms with Crippen LogP contribution in [0.25, 0.3) is 0 Å². The van der Waals surface area contributed by atoms with E-state index in [0.717, 1.165) is 13.1 Å². The molecular formula is C12H13ClN4O. The number of rotatable bonds is 2. The van der Waals surface area contributed by atoms with Gasteiger partial charge < -0.3 is 4.90 Å². The van der Waals surface area contributed by atoms with E-state index in [2.05, 4.69) is 21.0 Å². The molecule has 1 aliphatic rings. The van der Waals surface area contributed by atoms with Crippen LogP contribution in [0.15, 0.2) is 12.1 Å². The lowest BCUT2D eigenvalue weighted by molar-refractivity contribution is 0.0645. The number of carbonyl (C=O) groups excluding carboxylic acids is 1. The average molecular weight is 265 g/mol. The van der Waals surface area contributed by atoms with E-state index in [0.29, 0.717) is 25.3 Å². The third kappa shape index (κ3) is 2.97. The molecule has 0 N–H and O–H groups in total. The Kier molecular flexibility index (Phi) is 4.13. The highest BCUT2D eigenvalue weighted by atomic mass is 35.5. The van der Waals surface area contributed by atoms with Gasteiger partial charge in [0.15, 0.2) is 10.8 Å². The van der Waals surface area contributed by atoms with Crippen molar-refractivity contribution in [3.8, 4) is 12.3 Å². The van der Waals surface area contributed by atoms with Gasteiger partial charge in [0.05, 0.1) is 6.54 Å². The summed E-state index contributed by atoms with van der Waals surface area (Å²) in [4.78, 5) is 16.0. The summed E-state index contributed by atoms with van der Waals surface area (Å²) in [5.74, 6) is 2.49. The fourth-order valence-electron chi connectivity index (χ4n) is 1.83. The van der Waals surface area contributed by atoms with Crippen molar-refractivity contribution in [2.24, 2.45) is 0 Å². The number of terminal acetylenes is 1. The van der Waals surface area contributed by atoms with E-state index in [9.17, 15) is 4.79 Å². The van der Waals surface area contributed by atoms with Gasteiger partial charge in [0.25, 0.3) is 5.91 Å². The Hall–Kier alpha value is -1.64. The predicted molar refractivity (Wildman–Crippen MR) is 68.2 cm³/mol. The highest BCUT2D eigenvalue weighted by Crippen LogP contribution is 2.08. The van der Waals surface area contributed by atoms with Crippen molar-refractivity contribution in [3.05, 3.63) is 23.0 Å². The molecule has 1 aromatic heterocycles. The Labute approximate surface area is 111 Å². The van der Waals surface area contributed by atoms with Crippen LogP contribution in [0.4, 0.5) is 0 Å². The lowest BCUT2D eigenvalue weighted by atomic mass is 10.2. The second-order valence-electron chi connectivity index (χ2n) is 4.01. The number of nitrogens with zero attached hydrogens (tertiary/aromatic N) is 4. The molecule has 2 rings (SSSR count). The topological polar surface area (TPSA) is 49.3 Å². The summed E-state index contributed by atoms with van der Waals surface area (Å²) in [6, 6.07) is 3.15. The Morgan fingerprint density at radius 1 is 1.33 bits per heavy atom. The van der Waals surface area contributed by atoms with Crippen LogP contribution < -0.4 is 0 Å². The van der Waals surface area contributed by atoms with E-state index < -0.39 is 0 Å². The molecule has 1 amide bonds. The fraction of sp³-hybridized carbons (Fsp3) is 0.417. The SMILES string of the molecule is C#CCN1CCN(C(=O)c2ccc(Cl)nn2)CC1. The molecular weight excluding hydrogens is 252 g/mol. The maximum Gasteiger partial charge on any atom is 0.274 e. The number of carbonyl (C=O) groups is 1. The second-order valence-corrected chi connectivity index (χ2v) is 4.40. The van der Waals surface area contributed by atoms with Crippen LogP contribution in [0.2, 0.25) is 5.15 Å². The van der Waals surface area contributed by atoms with Crippen molar-refractivity contribution in [3.63, 3.8) is 0 Å². The van der Waals surface area contributed by atoms with Crippen LogP contribution in [0, 0.1) is 12.3 Å². The highest BCUT2D eigenvalue weighted by Gasteiger charge is 2.22. The maximum atomic E-state index is 12.1. The molecule has 1 aliphatic heterocycles. The van der Waals surface area contributed by atoms with Gasteiger partial charge in [0.2, 0.25) is 0 Å². The molecule has 0 radical (unpaired) electrons. The maximum absolute atomic E-state index is 12.1. The minimum atomic E-state index is -0.112. The zero-order valence-corrected chi connectivity index (χ0v) is 10.6. The van der Waals surface area contributed by atoms with E-state index in [1.807, 2.05) is 0 Å². The van der Waals surface area contributed by atoms with E-state index in [4.69, 9.17) is 18.0 Å². The van der Waals surface area contributed by atoms with Gasteiger partial charge in [-0.1, -0.05) is 17.5 Å². The number of aromatic nitrogens is 2. The smallest absolute Gasteiger partial charge is 0.274 e. The third-order valence-electron chi connectivity index (χ3n) is 2.83. The Morgan fingerprint density at radius 3 is 2.61 bits per heavy atom. The number of hydrogen-bond donors (Lipinski definition) is 0. The summed E-state index contributed by atoms with van der Waals surface area (Å²) < 4.78 is 0. The Morgan fingerprint density at radius 2 is 2.06 bits per heavy atom. The zero-order valence-electron chi connectivity index (χ0n) is 9.84. The van der Waals surface area contributed by atoms with Crippen LogP contribution in [0.1, 0.15) is 10.5 Å². The van der Waals surface area contributed by atoms with E-state index >= 15 is 0 Å². The van der Waals surface area contributed by atoms with E-state index in [1.54, 1.807) is 17.0 Å². The molecule has 0 saturated carbocycles. The fourth-order valence-corrected chi connectivity index (χ4v) is 1.93. The number of halogens is 1. The first-order valence-corrected chi connectivity index (χ1v) is 6.03. The average Bonchev–Trinajstić information content (AvgIpc) is 2.40. The largest absolute Gasteiger partial charge is 0.335 e. The summed E-state index contributed by atoms with van der Waals surface area (Å²) in [7, 11) is 0. The molecule has 0 bridgehead atoms. The number of piperazine rings is 1. The first-order valence-electron chi connectivity index (χ1n) is 5.65. The van der Waals surface area contributed by atoms with Gasteiger partial charge in [0.1, 0.15) is 0 Å². The van der Waals surface area contributed by atoms with Gasteiger partial charge in [-0.25, -0.2) is 0 Å². The number of hydrogen-bond acceptors (Lipinski definition) is 4. The molecule has 6 heteroatoms. The van der Waals surface area contributed by atoms with Crippen LogP contribution in [-0.4, -0.2) is 58.6 Å². The van der Waals surface area contributed by atoms with Crippen molar-refractivity contribution in [1.29, 1.82) is 0 Å². The van der Waals surface area contributed by atoms with E-state index in [-0.39, 0.29) is 11.1 Å². The van der Waals surface area contributed by atoms with Gasteiger partial charge in [-0.05, 0) is 12.1 Å². The van der Waals surface area contributed by atoms with Crippen molar-refractivity contribution in [1.82, 2.24) is 20.0 Å². The summed E-state index contributed by atoms with van der Waals surface area (Å²) in [6.45, 7) is 3.52. The Balaban J connectivity index is 1.95. The molecule has 0 aliphatic carbocycles. The van der Waals surface area contributed by atoms with Gasteiger partial charge in [-0.3, -0.25) is 9.69 Å². The van der Waals surface area contributed by atoms with Crippen molar-refractivity contribution < 1.29 is 4.79 Å². The molecule has 0 spiro atoms. The normalized spacial score (nSPS) is 16.3. The molecule has 1 aromatic rings.